The highest BCUT2D eigenvalue weighted by atomic mass is 32.2. The smallest absolute Gasteiger partial charge is 0.248 e. The zero-order chi connectivity index (χ0) is 12.3. The first-order valence-electron chi connectivity index (χ1n) is 4.67. The second kappa shape index (κ2) is 4.81. The molecule has 0 aromatic carbocycles. The van der Waals surface area contributed by atoms with Gasteiger partial charge in [0.05, 0.1) is 12.8 Å². The number of sulfonamides is 1. The molecule has 0 amide bonds. The molecule has 8 heteroatoms. The van der Waals surface area contributed by atoms with Crippen molar-refractivity contribution in [2.45, 2.75) is 17.9 Å². The molecule has 0 bridgehead atoms. The standard InChI is InChI=1S/C8H16N4O3S/c1-6(5-15-3)12(2)16(13,14)7-4-10-11-8(7)9/h4,6H,5H2,1-3H3,(H3,9,10,11). The Labute approximate surface area is 94.6 Å². The van der Waals surface area contributed by atoms with E-state index in [4.69, 9.17) is 10.5 Å². The van der Waals surface area contributed by atoms with E-state index in [9.17, 15) is 8.42 Å². The van der Waals surface area contributed by atoms with Gasteiger partial charge >= 0.3 is 0 Å². The summed E-state index contributed by atoms with van der Waals surface area (Å²) in [7, 11) is -0.618. The maximum atomic E-state index is 12.1. The van der Waals surface area contributed by atoms with Gasteiger partial charge in [-0.2, -0.15) is 9.40 Å². The Kier molecular flexibility index (Phi) is 3.89. The molecule has 0 radical (unpaired) electrons. The first kappa shape index (κ1) is 12.9. The molecule has 16 heavy (non-hydrogen) atoms. The number of aromatic amines is 1. The Hall–Kier alpha value is -1.12. The minimum Gasteiger partial charge on any atom is -0.383 e. The topological polar surface area (TPSA) is 101 Å². The lowest BCUT2D eigenvalue weighted by Crippen LogP contribution is -2.37. The summed E-state index contributed by atoms with van der Waals surface area (Å²) in [5.41, 5.74) is 5.48. The minimum absolute atomic E-state index is 0.0158. The zero-order valence-corrected chi connectivity index (χ0v) is 10.3. The van der Waals surface area contributed by atoms with Crippen LogP contribution in [0.1, 0.15) is 6.92 Å². The highest BCUT2D eigenvalue weighted by Gasteiger charge is 2.28. The lowest BCUT2D eigenvalue weighted by Gasteiger charge is -2.23. The van der Waals surface area contributed by atoms with Crippen molar-refractivity contribution in [1.82, 2.24) is 14.5 Å². The van der Waals surface area contributed by atoms with Crippen LogP contribution in [0.3, 0.4) is 0 Å². The molecule has 0 spiro atoms. The van der Waals surface area contributed by atoms with Crippen LogP contribution in [0, 0.1) is 0 Å². The molecule has 0 fully saturated rings. The summed E-state index contributed by atoms with van der Waals surface area (Å²) in [5, 5.41) is 5.98. The fourth-order valence-corrected chi connectivity index (χ4v) is 2.58. The largest absolute Gasteiger partial charge is 0.383 e. The van der Waals surface area contributed by atoms with Crippen LogP contribution in [-0.4, -0.2) is 49.7 Å². The highest BCUT2D eigenvalue weighted by molar-refractivity contribution is 7.89. The summed E-state index contributed by atoms with van der Waals surface area (Å²) in [6.45, 7) is 2.06. The number of hydrogen-bond donors (Lipinski definition) is 2. The number of nitrogens with one attached hydrogen (secondary N) is 1. The lowest BCUT2D eigenvalue weighted by atomic mass is 10.4. The number of nitrogen functional groups attached to an aromatic ring is 1. The van der Waals surface area contributed by atoms with Gasteiger partial charge in [-0.1, -0.05) is 0 Å². The number of nitrogens with zero attached hydrogens (tertiary/aromatic N) is 2. The van der Waals surface area contributed by atoms with Crippen molar-refractivity contribution >= 4 is 15.8 Å². The van der Waals surface area contributed by atoms with Crippen molar-refractivity contribution < 1.29 is 13.2 Å². The Morgan fingerprint density at radius 3 is 2.75 bits per heavy atom. The summed E-state index contributed by atoms with van der Waals surface area (Å²) in [5.74, 6) is 0.0384. The Bertz CT molecular complexity index is 442. The number of ether oxygens (including phenoxy) is 1. The van der Waals surface area contributed by atoms with Gasteiger partial charge in [0, 0.05) is 20.2 Å². The number of aromatic nitrogens is 2. The third-order valence-electron chi connectivity index (χ3n) is 2.32. The van der Waals surface area contributed by atoms with Crippen LogP contribution >= 0.6 is 0 Å². The number of methoxy groups -OCH3 is 1. The van der Waals surface area contributed by atoms with E-state index < -0.39 is 10.0 Å². The molecular weight excluding hydrogens is 232 g/mol. The zero-order valence-electron chi connectivity index (χ0n) is 9.47. The van der Waals surface area contributed by atoms with Crippen LogP contribution in [0.25, 0.3) is 0 Å². The molecule has 0 aliphatic carbocycles. The van der Waals surface area contributed by atoms with Crippen molar-refractivity contribution in [3.8, 4) is 0 Å². The van der Waals surface area contributed by atoms with Gasteiger partial charge in [0.2, 0.25) is 10.0 Å². The van der Waals surface area contributed by atoms with Crippen molar-refractivity contribution in [1.29, 1.82) is 0 Å². The van der Waals surface area contributed by atoms with Crippen LogP contribution in [-0.2, 0) is 14.8 Å². The average Bonchev–Trinajstić information content (AvgIpc) is 2.64. The first-order chi connectivity index (χ1) is 7.41. The minimum atomic E-state index is -3.61. The number of H-pyrrole nitrogens is 1. The number of rotatable bonds is 5. The fourth-order valence-electron chi connectivity index (χ4n) is 1.23. The normalized spacial score (nSPS) is 14.2. The maximum absolute atomic E-state index is 12.1. The lowest BCUT2D eigenvalue weighted by molar-refractivity contribution is 0.149. The Morgan fingerprint density at radius 1 is 1.69 bits per heavy atom. The molecule has 3 N–H and O–H groups in total. The molecule has 0 saturated carbocycles. The van der Waals surface area contributed by atoms with Crippen molar-refractivity contribution in [3.63, 3.8) is 0 Å². The molecule has 1 aromatic rings. The van der Waals surface area contributed by atoms with Gasteiger partial charge in [-0.25, -0.2) is 8.42 Å². The molecule has 1 unspecified atom stereocenters. The summed E-state index contributed by atoms with van der Waals surface area (Å²) >= 11 is 0. The van der Waals surface area contributed by atoms with Crippen LogP contribution in [0.2, 0.25) is 0 Å². The van der Waals surface area contributed by atoms with E-state index in [1.165, 1.54) is 24.7 Å². The fraction of sp³-hybridized carbons (Fsp3) is 0.625. The van der Waals surface area contributed by atoms with E-state index in [2.05, 4.69) is 10.2 Å². The third-order valence-corrected chi connectivity index (χ3v) is 4.32. The van der Waals surface area contributed by atoms with Gasteiger partial charge in [-0.3, -0.25) is 5.10 Å². The number of anilines is 1. The first-order valence-corrected chi connectivity index (χ1v) is 6.11. The van der Waals surface area contributed by atoms with Crippen molar-refractivity contribution in [2.75, 3.05) is 26.5 Å². The second-order valence-electron chi connectivity index (χ2n) is 3.47. The van der Waals surface area contributed by atoms with Crippen LogP contribution < -0.4 is 5.73 Å². The number of hydrogen-bond acceptors (Lipinski definition) is 5. The van der Waals surface area contributed by atoms with Gasteiger partial charge in [-0.15, -0.1) is 0 Å². The molecule has 7 nitrogen and oxygen atoms in total. The molecule has 0 saturated heterocycles. The molecule has 1 atom stereocenters. The van der Waals surface area contributed by atoms with Crippen molar-refractivity contribution in [3.05, 3.63) is 6.20 Å². The van der Waals surface area contributed by atoms with Crippen LogP contribution in [0.15, 0.2) is 11.1 Å². The van der Waals surface area contributed by atoms with Gasteiger partial charge in [-0.05, 0) is 6.92 Å². The molecule has 1 aromatic heterocycles. The summed E-state index contributed by atoms with van der Waals surface area (Å²) in [6, 6.07) is -0.274. The molecule has 1 heterocycles. The second-order valence-corrected chi connectivity index (χ2v) is 5.44. The molecule has 0 aliphatic rings. The highest BCUT2D eigenvalue weighted by Crippen LogP contribution is 2.20. The molecule has 0 aliphatic heterocycles. The average molecular weight is 248 g/mol. The van der Waals surface area contributed by atoms with E-state index in [1.54, 1.807) is 6.92 Å². The molecule has 1 rings (SSSR count). The van der Waals surface area contributed by atoms with Crippen LogP contribution in [0.4, 0.5) is 5.82 Å². The summed E-state index contributed by atoms with van der Waals surface area (Å²) in [6.07, 6.45) is 1.20. The Balaban J connectivity index is 2.99. The summed E-state index contributed by atoms with van der Waals surface area (Å²) < 4.78 is 30.2. The Morgan fingerprint density at radius 2 is 2.31 bits per heavy atom. The maximum Gasteiger partial charge on any atom is 0.248 e. The van der Waals surface area contributed by atoms with Gasteiger partial charge < -0.3 is 10.5 Å². The molecular formula is C8H16N4O3S. The predicted octanol–water partition coefficient (Wildman–Crippen LogP) is -0.353. The van der Waals surface area contributed by atoms with E-state index in [0.717, 1.165) is 0 Å². The van der Waals surface area contributed by atoms with Crippen LogP contribution in [0.5, 0.6) is 0 Å². The number of nitrogens with two attached hydrogens (primary N) is 1. The van der Waals surface area contributed by atoms with Gasteiger partial charge in [0.15, 0.2) is 0 Å². The predicted molar refractivity (Wildman–Crippen MR) is 59.3 cm³/mol. The quantitative estimate of drug-likeness (QED) is 0.741. The van der Waals surface area contributed by atoms with Crippen molar-refractivity contribution in [2.24, 2.45) is 0 Å². The SMILES string of the molecule is COCC(C)N(C)S(=O)(=O)c1cn[nH]c1N. The number of likely N-dealkylation sites (N-methyl/N-ethyl adjacent to an activating group) is 1. The van der Waals surface area contributed by atoms with E-state index in [-0.39, 0.29) is 16.8 Å². The van der Waals surface area contributed by atoms with Gasteiger partial charge in [0.1, 0.15) is 10.7 Å². The van der Waals surface area contributed by atoms with Gasteiger partial charge in [0.25, 0.3) is 0 Å². The van der Waals surface area contributed by atoms with E-state index in [0.29, 0.717) is 6.61 Å². The van der Waals surface area contributed by atoms with E-state index >= 15 is 0 Å². The van der Waals surface area contributed by atoms with E-state index in [1.807, 2.05) is 0 Å². The summed E-state index contributed by atoms with van der Waals surface area (Å²) in [4.78, 5) is -0.0158. The molecule has 92 valence electrons. The monoisotopic (exact) mass is 248 g/mol. The third kappa shape index (κ3) is 2.34.